The summed E-state index contributed by atoms with van der Waals surface area (Å²) in [5.41, 5.74) is 1.27. The summed E-state index contributed by atoms with van der Waals surface area (Å²) >= 11 is 1.60. The van der Waals surface area contributed by atoms with Crippen LogP contribution in [0, 0.1) is 0 Å². The molecule has 0 bridgehead atoms. The fourth-order valence-corrected chi connectivity index (χ4v) is 2.51. The number of thiazole rings is 1. The molecule has 0 saturated heterocycles. The molecule has 5 nitrogen and oxygen atoms in total. The molecule has 2 N–H and O–H groups in total. The highest BCUT2D eigenvalue weighted by molar-refractivity contribution is 7.11. The van der Waals surface area contributed by atoms with Gasteiger partial charge in [0.15, 0.2) is 5.78 Å². The van der Waals surface area contributed by atoms with Gasteiger partial charge in [-0.05, 0) is 37.6 Å². The summed E-state index contributed by atoms with van der Waals surface area (Å²) in [6.07, 6.45) is 2.78. The number of rotatable bonds is 5. The van der Waals surface area contributed by atoms with Gasteiger partial charge in [0.25, 0.3) is 0 Å². The van der Waals surface area contributed by atoms with Gasteiger partial charge < -0.3 is 10.6 Å². The van der Waals surface area contributed by atoms with Gasteiger partial charge >= 0.3 is 6.03 Å². The maximum atomic E-state index is 11.8. The maximum absolute atomic E-state index is 11.8. The lowest BCUT2D eigenvalue weighted by Gasteiger charge is -2.06. The van der Waals surface area contributed by atoms with Crippen molar-refractivity contribution < 1.29 is 9.59 Å². The Kier molecular flexibility index (Phi) is 5.05. The van der Waals surface area contributed by atoms with Crippen molar-refractivity contribution >= 4 is 28.8 Å². The lowest BCUT2D eigenvalue weighted by atomic mass is 10.1. The molecule has 1 heterocycles. The van der Waals surface area contributed by atoms with Crippen LogP contribution < -0.4 is 10.6 Å². The lowest BCUT2D eigenvalue weighted by Crippen LogP contribution is -2.28. The third-order valence-electron chi connectivity index (χ3n) is 2.90. The van der Waals surface area contributed by atoms with E-state index < -0.39 is 0 Å². The van der Waals surface area contributed by atoms with E-state index in [0.29, 0.717) is 17.8 Å². The van der Waals surface area contributed by atoms with Gasteiger partial charge in [-0.1, -0.05) is 6.92 Å². The first-order valence-electron chi connectivity index (χ1n) is 6.68. The number of nitrogens with zero attached hydrogens (tertiary/aromatic N) is 1. The molecule has 21 heavy (non-hydrogen) atoms. The molecule has 2 amide bonds. The van der Waals surface area contributed by atoms with Crippen LogP contribution in [0.2, 0.25) is 0 Å². The number of ketones is 1. The van der Waals surface area contributed by atoms with Crippen molar-refractivity contribution in [2.45, 2.75) is 26.8 Å². The van der Waals surface area contributed by atoms with Gasteiger partial charge in [0.2, 0.25) is 0 Å². The number of urea groups is 1. The Morgan fingerprint density at radius 1 is 1.24 bits per heavy atom. The monoisotopic (exact) mass is 303 g/mol. The first-order valence-corrected chi connectivity index (χ1v) is 7.49. The van der Waals surface area contributed by atoms with Crippen LogP contribution in [0.1, 0.15) is 34.1 Å². The number of Topliss-reactive ketones (excluding diaryl/α,β-unsaturated/α-hetero) is 1. The Hall–Kier alpha value is -2.21. The summed E-state index contributed by atoms with van der Waals surface area (Å²) in [6.45, 7) is 3.98. The predicted octanol–water partition coefficient (Wildman–Crippen LogP) is 3.23. The second-order valence-corrected chi connectivity index (χ2v) is 5.71. The molecule has 0 aliphatic rings. The van der Waals surface area contributed by atoms with Crippen molar-refractivity contribution in [3.05, 3.63) is 45.9 Å². The van der Waals surface area contributed by atoms with Crippen molar-refractivity contribution in [2.75, 3.05) is 5.32 Å². The van der Waals surface area contributed by atoms with Crippen LogP contribution in [0.5, 0.6) is 0 Å². The van der Waals surface area contributed by atoms with Crippen LogP contribution in [0.3, 0.4) is 0 Å². The number of carbonyl (C=O) groups excluding carboxylic acids is 2. The van der Waals surface area contributed by atoms with Crippen LogP contribution in [0.4, 0.5) is 10.5 Å². The molecule has 0 spiro atoms. The molecule has 0 radical (unpaired) electrons. The minimum absolute atomic E-state index is 0.00139. The number of aromatic nitrogens is 1. The number of hydrogen-bond acceptors (Lipinski definition) is 4. The summed E-state index contributed by atoms with van der Waals surface area (Å²) in [7, 11) is 0. The van der Waals surface area contributed by atoms with Gasteiger partial charge in [0.1, 0.15) is 5.01 Å². The van der Waals surface area contributed by atoms with E-state index >= 15 is 0 Å². The van der Waals surface area contributed by atoms with Gasteiger partial charge in [0, 0.05) is 22.3 Å². The highest BCUT2D eigenvalue weighted by atomic mass is 32.1. The molecule has 0 unspecified atom stereocenters. The molecular formula is C15H17N3O2S. The van der Waals surface area contributed by atoms with Gasteiger partial charge in [-0.15, -0.1) is 11.3 Å². The summed E-state index contributed by atoms with van der Waals surface area (Å²) in [5, 5.41) is 6.35. The minimum atomic E-state index is -0.293. The van der Waals surface area contributed by atoms with Crippen molar-refractivity contribution in [1.29, 1.82) is 0 Å². The number of benzene rings is 1. The average Bonchev–Trinajstić information content (AvgIpc) is 2.94. The molecule has 1 aromatic heterocycles. The number of hydrogen-bond donors (Lipinski definition) is 2. The standard InChI is InChI=1S/C15H17N3O2S/c1-3-13-8-16-14(21-13)9-17-15(20)18-12-6-4-11(5-7-12)10(2)19/h4-8H,3,9H2,1-2H3,(H2,17,18,20). The number of amides is 2. The fraction of sp³-hybridized carbons (Fsp3) is 0.267. The van der Waals surface area contributed by atoms with E-state index in [9.17, 15) is 9.59 Å². The number of aryl methyl sites for hydroxylation is 1. The van der Waals surface area contributed by atoms with Gasteiger partial charge in [-0.3, -0.25) is 4.79 Å². The molecular weight excluding hydrogens is 286 g/mol. The van der Waals surface area contributed by atoms with E-state index in [1.54, 1.807) is 35.6 Å². The molecule has 110 valence electrons. The van der Waals surface area contributed by atoms with Gasteiger partial charge in [-0.25, -0.2) is 9.78 Å². The molecule has 6 heteroatoms. The lowest BCUT2D eigenvalue weighted by molar-refractivity contribution is 0.101. The van der Waals surface area contributed by atoms with Crippen LogP contribution in [-0.2, 0) is 13.0 Å². The van der Waals surface area contributed by atoms with E-state index in [1.807, 2.05) is 6.20 Å². The summed E-state index contributed by atoms with van der Waals surface area (Å²) < 4.78 is 0. The largest absolute Gasteiger partial charge is 0.331 e. The molecule has 0 atom stereocenters. The van der Waals surface area contributed by atoms with Crippen molar-refractivity contribution in [2.24, 2.45) is 0 Å². The SMILES string of the molecule is CCc1cnc(CNC(=O)Nc2ccc(C(C)=O)cc2)s1. The molecule has 1 aromatic carbocycles. The molecule has 2 aromatic rings. The first-order chi connectivity index (χ1) is 10.1. The van der Waals surface area contributed by atoms with E-state index in [-0.39, 0.29) is 11.8 Å². The van der Waals surface area contributed by atoms with Crippen molar-refractivity contribution in [3.63, 3.8) is 0 Å². The normalized spacial score (nSPS) is 10.2. The second kappa shape index (κ2) is 6.99. The van der Waals surface area contributed by atoms with Crippen LogP contribution in [-0.4, -0.2) is 16.8 Å². The smallest absolute Gasteiger partial charge is 0.319 e. The van der Waals surface area contributed by atoms with Gasteiger partial charge in [-0.2, -0.15) is 0 Å². The second-order valence-electron chi connectivity index (χ2n) is 4.52. The molecule has 0 aliphatic heterocycles. The maximum Gasteiger partial charge on any atom is 0.319 e. The van der Waals surface area contributed by atoms with Gasteiger partial charge in [0.05, 0.1) is 6.54 Å². The average molecular weight is 303 g/mol. The zero-order valence-electron chi connectivity index (χ0n) is 12.0. The topological polar surface area (TPSA) is 71.1 Å². The minimum Gasteiger partial charge on any atom is -0.331 e. The highest BCUT2D eigenvalue weighted by Crippen LogP contribution is 2.13. The number of carbonyl (C=O) groups is 2. The Morgan fingerprint density at radius 3 is 2.52 bits per heavy atom. The zero-order chi connectivity index (χ0) is 15.2. The molecule has 0 fully saturated rings. The fourth-order valence-electron chi connectivity index (χ4n) is 1.71. The van der Waals surface area contributed by atoms with Crippen LogP contribution in [0.25, 0.3) is 0 Å². The summed E-state index contributed by atoms with van der Waals surface area (Å²) in [4.78, 5) is 28.4. The van der Waals surface area contributed by atoms with E-state index in [0.717, 1.165) is 11.4 Å². The Labute approximate surface area is 127 Å². The highest BCUT2D eigenvalue weighted by Gasteiger charge is 2.05. The molecule has 0 aliphatic carbocycles. The van der Waals surface area contributed by atoms with Crippen molar-refractivity contribution in [1.82, 2.24) is 10.3 Å². The third kappa shape index (κ3) is 4.39. The zero-order valence-corrected chi connectivity index (χ0v) is 12.8. The quantitative estimate of drug-likeness (QED) is 0.833. The summed E-state index contributed by atoms with van der Waals surface area (Å²) in [5.74, 6) is 0.00139. The Balaban J connectivity index is 1.85. The van der Waals surface area contributed by atoms with E-state index in [2.05, 4.69) is 22.5 Å². The number of nitrogens with one attached hydrogen (secondary N) is 2. The Morgan fingerprint density at radius 2 is 1.95 bits per heavy atom. The Bertz CT molecular complexity index is 635. The number of anilines is 1. The van der Waals surface area contributed by atoms with Crippen LogP contribution in [0.15, 0.2) is 30.5 Å². The van der Waals surface area contributed by atoms with E-state index in [1.165, 1.54) is 11.8 Å². The van der Waals surface area contributed by atoms with Crippen molar-refractivity contribution in [3.8, 4) is 0 Å². The predicted molar refractivity (Wildman–Crippen MR) is 83.8 cm³/mol. The first kappa shape index (κ1) is 15.2. The summed E-state index contributed by atoms with van der Waals surface area (Å²) in [6, 6.07) is 6.49. The molecule has 0 saturated carbocycles. The third-order valence-corrected chi connectivity index (χ3v) is 4.04. The van der Waals surface area contributed by atoms with Crippen LogP contribution >= 0.6 is 11.3 Å². The van der Waals surface area contributed by atoms with E-state index in [4.69, 9.17) is 0 Å². The molecule has 2 rings (SSSR count).